The molecule has 180 valence electrons. The smallest absolute Gasteiger partial charge is 0.241 e. The Hall–Kier alpha value is -2.22. The fraction of sp³-hybridized carbons (Fsp3) is 0.500. The van der Waals surface area contributed by atoms with Crippen LogP contribution in [-0.4, -0.2) is 44.0 Å². The summed E-state index contributed by atoms with van der Waals surface area (Å²) in [5.74, 6) is 0.0592. The lowest BCUT2D eigenvalue weighted by atomic mass is 9.87. The Morgan fingerprint density at radius 2 is 1.48 bits per heavy atom. The van der Waals surface area contributed by atoms with Crippen LogP contribution in [0.1, 0.15) is 58.7 Å². The van der Waals surface area contributed by atoms with Crippen molar-refractivity contribution < 1.29 is 18.3 Å². The fourth-order valence-electron chi connectivity index (χ4n) is 4.78. The molecule has 3 rings (SSSR count). The fourth-order valence-corrected chi connectivity index (χ4v) is 6.41. The highest BCUT2D eigenvalue weighted by Crippen LogP contribution is 2.31. The third kappa shape index (κ3) is 5.48. The van der Waals surface area contributed by atoms with Gasteiger partial charge in [0, 0.05) is 26.1 Å². The van der Waals surface area contributed by atoms with Gasteiger partial charge in [0.25, 0.3) is 0 Å². The van der Waals surface area contributed by atoms with Crippen molar-refractivity contribution in [1.82, 2.24) is 9.62 Å². The van der Waals surface area contributed by atoms with E-state index >= 15 is 0 Å². The van der Waals surface area contributed by atoms with E-state index in [1.165, 1.54) is 0 Å². The largest absolute Gasteiger partial charge is 0.388 e. The molecule has 2 aromatic carbocycles. The van der Waals surface area contributed by atoms with E-state index in [1.807, 2.05) is 65.0 Å². The molecule has 2 aromatic rings. The van der Waals surface area contributed by atoms with Gasteiger partial charge in [0.2, 0.25) is 15.9 Å². The number of amides is 1. The van der Waals surface area contributed by atoms with Gasteiger partial charge in [-0.15, -0.1) is 0 Å². The summed E-state index contributed by atoms with van der Waals surface area (Å²) in [5, 5.41) is 10.6. The van der Waals surface area contributed by atoms with Crippen LogP contribution in [0.5, 0.6) is 0 Å². The van der Waals surface area contributed by atoms with Gasteiger partial charge in [-0.2, -0.15) is 0 Å². The van der Waals surface area contributed by atoms with Crippen LogP contribution in [0, 0.1) is 40.5 Å². The Kier molecular flexibility index (Phi) is 7.98. The Bertz CT molecular complexity index is 1080. The first-order valence-corrected chi connectivity index (χ1v) is 13.1. The average Bonchev–Trinajstić information content (AvgIpc) is 2.81. The Morgan fingerprint density at radius 1 is 0.970 bits per heavy atom. The minimum absolute atomic E-state index is 0.0601. The number of hydrogen-bond donors (Lipinski definition) is 2. The Labute approximate surface area is 198 Å². The molecule has 0 aliphatic carbocycles. The normalized spacial score (nSPS) is 16.1. The minimum atomic E-state index is -3.71. The monoisotopic (exact) mass is 472 g/mol. The van der Waals surface area contributed by atoms with Gasteiger partial charge in [0.1, 0.15) is 0 Å². The predicted octanol–water partition coefficient (Wildman–Crippen LogP) is 3.87. The molecule has 1 atom stereocenters. The van der Waals surface area contributed by atoms with Crippen molar-refractivity contribution in [2.24, 2.45) is 5.92 Å². The zero-order valence-electron chi connectivity index (χ0n) is 20.3. The maximum Gasteiger partial charge on any atom is 0.241 e. The summed E-state index contributed by atoms with van der Waals surface area (Å²) in [7, 11) is -3.71. The second-order valence-electron chi connectivity index (χ2n) is 9.18. The molecule has 0 saturated carbocycles. The molecule has 1 aliphatic rings. The molecule has 1 fully saturated rings. The van der Waals surface area contributed by atoms with E-state index in [0.29, 0.717) is 18.0 Å². The third-order valence-corrected chi connectivity index (χ3v) is 9.04. The van der Waals surface area contributed by atoms with Crippen molar-refractivity contribution >= 4 is 15.9 Å². The van der Waals surface area contributed by atoms with Crippen LogP contribution in [0.3, 0.4) is 0 Å². The maximum atomic E-state index is 13.0. The van der Waals surface area contributed by atoms with Gasteiger partial charge in [-0.25, -0.2) is 13.1 Å². The van der Waals surface area contributed by atoms with Crippen molar-refractivity contribution in [3.05, 3.63) is 63.7 Å². The average molecular weight is 473 g/mol. The zero-order chi connectivity index (χ0) is 24.3. The second kappa shape index (κ2) is 10.4. The van der Waals surface area contributed by atoms with Gasteiger partial charge >= 0.3 is 0 Å². The summed E-state index contributed by atoms with van der Waals surface area (Å²) in [4.78, 5) is 14.8. The molecule has 0 radical (unpaired) electrons. The summed E-state index contributed by atoms with van der Waals surface area (Å²) in [6.45, 7) is 10.8. The number of carbonyl (C=O) groups excluding carboxylic acids is 1. The molecular weight excluding hydrogens is 436 g/mol. The van der Waals surface area contributed by atoms with Crippen LogP contribution in [0.4, 0.5) is 0 Å². The standard InChI is InChI=1S/C26H36N2O4S/c1-17-18(2)20(4)26(21(5)19(17)3)33(31,32)27-14-11-24(29)28-15-12-23(13-16-28)25(30)22-9-7-6-8-10-22/h6-10,23,25,27,30H,11-16H2,1-5H3. The van der Waals surface area contributed by atoms with Gasteiger partial charge in [0.15, 0.2) is 0 Å². The third-order valence-electron chi connectivity index (χ3n) is 7.31. The van der Waals surface area contributed by atoms with Crippen LogP contribution < -0.4 is 4.72 Å². The minimum Gasteiger partial charge on any atom is -0.388 e. The van der Waals surface area contributed by atoms with E-state index in [2.05, 4.69) is 4.72 Å². The van der Waals surface area contributed by atoms with Crippen molar-refractivity contribution in [2.45, 2.75) is 64.9 Å². The Morgan fingerprint density at radius 3 is 2.03 bits per heavy atom. The van der Waals surface area contributed by atoms with Gasteiger partial charge < -0.3 is 10.0 Å². The lowest BCUT2D eigenvalue weighted by molar-refractivity contribution is -0.133. The number of aliphatic hydroxyl groups is 1. The van der Waals surface area contributed by atoms with E-state index in [4.69, 9.17) is 0 Å². The molecule has 1 unspecified atom stereocenters. The second-order valence-corrected chi connectivity index (χ2v) is 10.9. The molecule has 6 nitrogen and oxygen atoms in total. The first-order valence-electron chi connectivity index (χ1n) is 11.6. The number of sulfonamides is 1. The molecule has 33 heavy (non-hydrogen) atoms. The summed E-state index contributed by atoms with van der Waals surface area (Å²) in [6.07, 6.45) is 1.05. The highest BCUT2D eigenvalue weighted by molar-refractivity contribution is 7.89. The van der Waals surface area contributed by atoms with Crippen LogP contribution in [0.15, 0.2) is 35.2 Å². The van der Waals surface area contributed by atoms with Gasteiger partial charge in [0.05, 0.1) is 11.0 Å². The van der Waals surface area contributed by atoms with Crippen LogP contribution >= 0.6 is 0 Å². The number of rotatable bonds is 7. The molecular formula is C26H36N2O4S. The molecule has 0 spiro atoms. The van der Waals surface area contributed by atoms with Crippen molar-refractivity contribution in [2.75, 3.05) is 19.6 Å². The summed E-state index contributed by atoms with van der Waals surface area (Å²) in [5.41, 5.74) is 5.50. The predicted molar refractivity (Wildman–Crippen MR) is 131 cm³/mol. The molecule has 2 N–H and O–H groups in total. The number of nitrogens with one attached hydrogen (secondary N) is 1. The first kappa shape index (κ1) is 25.4. The molecule has 1 heterocycles. The molecule has 1 aliphatic heterocycles. The van der Waals surface area contributed by atoms with Crippen LogP contribution in [0.2, 0.25) is 0 Å². The number of nitrogens with zero attached hydrogens (tertiary/aromatic N) is 1. The summed E-state index contributed by atoms with van der Waals surface area (Å²) < 4.78 is 28.7. The van der Waals surface area contributed by atoms with E-state index in [0.717, 1.165) is 46.2 Å². The number of likely N-dealkylation sites (tertiary alicyclic amines) is 1. The number of carbonyl (C=O) groups is 1. The first-order chi connectivity index (χ1) is 15.5. The van der Waals surface area contributed by atoms with Crippen molar-refractivity contribution in [1.29, 1.82) is 0 Å². The number of aliphatic hydroxyl groups excluding tert-OH is 1. The highest BCUT2D eigenvalue weighted by atomic mass is 32.2. The molecule has 1 saturated heterocycles. The van der Waals surface area contributed by atoms with Crippen molar-refractivity contribution in [3.63, 3.8) is 0 Å². The number of piperidine rings is 1. The quantitative estimate of drug-likeness (QED) is 0.641. The van der Waals surface area contributed by atoms with Crippen LogP contribution in [0.25, 0.3) is 0 Å². The van der Waals surface area contributed by atoms with Crippen LogP contribution in [-0.2, 0) is 14.8 Å². The SMILES string of the molecule is Cc1c(C)c(C)c(S(=O)(=O)NCCC(=O)N2CCC(C(O)c3ccccc3)CC2)c(C)c1C. The van der Waals surface area contributed by atoms with E-state index < -0.39 is 16.1 Å². The van der Waals surface area contributed by atoms with Gasteiger partial charge in [-0.05, 0) is 86.8 Å². The van der Waals surface area contributed by atoms with E-state index in [-0.39, 0.29) is 24.8 Å². The zero-order valence-corrected chi connectivity index (χ0v) is 21.1. The summed E-state index contributed by atoms with van der Waals surface area (Å²) in [6, 6.07) is 9.61. The van der Waals surface area contributed by atoms with E-state index in [1.54, 1.807) is 4.90 Å². The molecule has 7 heteroatoms. The van der Waals surface area contributed by atoms with Gasteiger partial charge in [-0.3, -0.25) is 4.79 Å². The van der Waals surface area contributed by atoms with E-state index in [9.17, 15) is 18.3 Å². The highest BCUT2D eigenvalue weighted by Gasteiger charge is 2.29. The molecule has 1 amide bonds. The lowest BCUT2D eigenvalue weighted by Gasteiger charge is -2.34. The number of hydrogen-bond acceptors (Lipinski definition) is 4. The maximum absolute atomic E-state index is 13.0. The lowest BCUT2D eigenvalue weighted by Crippen LogP contribution is -2.41. The summed E-state index contributed by atoms with van der Waals surface area (Å²) >= 11 is 0. The topological polar surface area (TPSA) is 86.7 Å². The van der Waals surface area contributed by atoms with Gasteiger partial charge in [-0.1, -0.05) is 30.3 Å². The molecule has 0 aromatic heterocycles. The number of benzene rings is 2. The van der Waals surface area contributed by atoms with Crippen molar-refractivity contribution in [3.8, 4) is 0 Å². The molecule has 0 bridgehead atoms. The Balaban J connectivity index is 1.55.